The number of halogens is 9. The predicted molar refractivity (Wildman–Crippen MR) is 144 cm³/mol. The standard InChI is InChI=1S/C31H24F9N3O2/c1-3-18-16-43(24-7-5-4-6-8-24)41-26(18)25-10-9-21(29(32,33)34)13-20(25)15-42-17(2)27(45-28(42)44)19-11-22(30(35,36)37)14-23(12-19)31(38,39)40/h4-14,16-17,27H,3,15H2,1-2H3/t17?,27-/m0/s1. The van der Waals surface area contributed by atoms with Crippen molar-refractivity contribution < 1.29 is 49.0 Å². The number of carbonyl (C=O) groups is 1. The fraction of sp³-hybridized carbons (Fsp3) is 0.290. The van der Waals surface area contributed by atoms with Gasteiger partial charge in [-0.25, -0.2) is 9.48 Å². The first-order chi connectivity index (χ1) is 21.0. The number of aromatic nitrogens is 2. The number of carbonyl (C=O) groups excluding carboxylic acids is 1. The third-order valence-corrected chi connectivity index (χ3v) is 7.55. The van der Waals surface area contributed by atoms with Crippen LogP contribution in [0.4, 0.5) is 44.3 Å². The largest absolute Gasteiger partial charge is 0.439 e. The van der Waals surface area contributed by atoms with Crippen molar-refractivity contribution in [1.29, 1.82) is 0 Å². The first kappa shape index (κ1) is 31.9. The summed E-state index contributed by atoms with van der Waals surface area (Å²) in [6.45, 7) is 2.66. The van der Waals surface area contributed by atoms with E-state index < -0.39 is 65.6 Å². The molecule has 2 heterocycles. The lowest BCUT2D eigenvalue weighted by Crippen LogP contribution is -2.32. The van der Waals surface area contributed by atoms with Crippen LogP contribution in [0.2, 0.25) is 0 Å². The molecule has 1 saturated heterocycles. The SMILES string of the molecule is CCc1cn(-c2ccccc2)nc1-c1ccc(C(F)(F)F)cc1CN1C(=O)O[C@H](c2cc(C(F)(F)F)cc(C(F)(F)F)c2)C1C. The molecule has 1 fully saturated rings. The molecule has 0 spiro atoms. The van der Waals surface area contributed by atoms with Gasteiger partial charge in [-0.2, -0.15) is 44.6 Å². The maximum atomic E-state index is 13.8. The van der Waals surface area contributed by atoms with Gasteiger partial charge in [0.05, 0.1) is 40.7 Å². The normalized spacial score (nSPS) is 17.6. The molecular weight excluding hydrogens is 617 g/mol. The van der Waals surface area contributed by atoms with E-state index in [-0.39, 0.29) is 17.2 Å². The molecule has 1 unspecified atom stereocenters. The smallest absolute Gasteiger partial charge is 0.416 e. The highest BCUT2D eigenvalue weighted by atomic mass is 19.4. The lowest BCUT2D eigenvalue weighted by Gasteiger charge is -2.24. The third kappa shape index (κ3) is 6.50. The minimum absolute atomic E-state index is 0.00214. The Bertz CT molecular complexity index is 1680. The molecule has 5 nitrogen and oxygen atoms in total. The van der Waals surface area contributed by atoms with Gasteiger partial charge in [0.15, 0.2) is 0 Å². The number of hydrogen-bond acceptors (Lipinski definition) is 3. The average Bonchev–Trinajstić information content (AvgIpc) is 3.53. The third-order valence-electron chi connectivity index (χ3n) is 7.55. The second-order valence-electron chi connectivity index (χ2n) is 10.5. The maximum absolute atomic E-state index is 13.8. The number of ether oxygens (including phenoxy) is 1. The number of para-hydroxylation sites is 1. The first-order valence-corrected chi connectivity index (χ1v) is 13.6. The summed E-state index contributed by atoms with van der Waals surface area (Å²) in [6.07, 6.45) is -15.5. The van der Waals surface area contributed by atoms with Crippen LogP contribution in [0.1, 0.15) is 53.3 Å². The van der Waals surface area contributed by atoms with Crippen LogP contribution in [0, 0.1) is 0 Å². The van der Waals surface area contributed by atoms with Crippen LogP contribution in [-0.2, 0) is 36.2 Å². The van der Waals surface area contributed by atoms with E-state index in [1.807, 2.05) is 6.92 Å². The monoisotopic (exact) mass is 641 g/mol. The molecule has 5 rings (SSSR count). The van der Waals surface area contributed by atoms with Gasteiger partial charge in [-0.15, -0.1) is 0 Å². The van der Waals surface area contributed by atoms with Gasteiger partial charge in [0, 0.05) is 11.8 Å². The summed E-state index contributed by atoms with van der Waals surface area (Å²) in [7, 11) is 0. The summed E-state index contributed by atoms with van der Waals surface area (Å²) >= 11 is 0. The number of aryl methyl sites for hydroxylation is 1. The molecule has 238 valence electrons. The predicted octanol–water partition coefficient (Wildman–Crippen LogP) is 9.24. The highest BCUT2D eigenvalue weighted by Crippen LogP contribution is 2.42. The number of amides is 1. The van der Waals surface area contributed by atoms with Crippen molar-refractivity contribution >= 4 is 6.09 Å². The van der Waals surface area contributed by atoms with E-state index in [9.17, 15) is 44.3 Å². The minimum Gasteiger partial charge on any atom is -0.439 e. The number of alkyl halides is 9. The van der Waals surface area contributed by atoms with E-state index in [2.05, 4.69) is 5.10 Å². The molecule has 3 aromatic carbocycles. The van der Waals surface area contributed by atoms with Crippen LogP contribution in [0.3, 0.4) is 0 Å². The van der Waals surface area contributed by atoms with Crippen LogP contribution in [0.15, 0.2) is 72.9 Å². The van der Waals surface area contributed by atoms with Crippen molar-refractivity contribution in [3.05, 3.63) is 106 Å². The van der Waals surface area contributed by atoms with Crippen LogP contribution in [0.5, 0.6) is 0 Å². The molecule has 2 atom stereocenters. The van der Waals surface area contributed by atoms with Gasteiger partial charge in [-0.3, -0.25) is 4.90 Å². The van der Waals surface area contributed by atoms with E-state index in [0.717, 1.165) is 17.0 Å². The van der Waals surface area contributed by atoms with Gasteiger partial charge < -0.3 is 4.74 Å². The Balaban J connectivity index is 1.56. The molecule has 14 heteroatoms. The number of cyclic esters (lactones) is 1. The van der Waals surface area contributed by atoms with Gasteiger partial charge in [0.25, 0.3) is 0 Å². The van der Waals surface area contributed by atoms with E-state index in [4.69, 9.17) is 4.74 Å². The van der Waals surface area contributed by atoms with Gasteiger partial charge in [0.2, 0.25) is 0 Å². The highest BCUT2D eigenvalue weighted by molar-refractivity contribution is 5.73. The van der Waals surface area contributed by atoms with Crippen LogP contribution in [-0.4, -0.2) is 26.8 Å². The van der Waals surface area contributed by atoms with E-state index >= 15 is 0 Å². The lowest BCUT2D eigenvalue weighted by atomic mass is 9.95. The summed E-state index contributed by atoms with van der Waals surface area (Å²) < 4.78 is 129. The average molecular weight is 642 g/mol. The van der Waals surface area contributed by atoms with Gasteiger partial charge >= 0.3 is 24.6 Å². The van der Waals surface area contributed by atoms with E-state index in [1.54, 1.807) is 41.2 Å². The van der Waals surface area contributed by atoms with Crippen molar-refractivity contribution in [2.45, 2.75) is 57.5 Å². The Kier molecular flexibility index (Phi) is 8.13. The molecule has 1 aromatic heterocycles. The van der Waals surface area contributed by atoms with Crippen molar-refractivity contribution in [2.24, 2.45) is 0 Å². The summed E-state index contributed by atoms with van der Waals surface area (Å²) in [5.74, 6) is 0. The van der Waals surface area contributed by atoms with Crippen molar-refractivity contribution in [3.63, 3.8) is 0 Å². The van der Waals surface area contributed by atoms with Crippen molar-refractivity contribution in [3.8, 4) is 16.9 Å². The number of hydrogen-bond donors (Lipinski definition) is 0. The number of rotatable bonds is 6. The van der Waals surface area contributed by atoms with Crippen LogP contribution >= 0.6 is 0 Å². The fourth-order valence-corrected chi connectivity index (χ4v) is 5.23. The molecule has 1 aliphatic heterocycles. The Morgan fingerprint density at radius 1 is 0.778 bits per heavy atom. The Morgan fingerprint density at radius 3 is 1.93 bits per heavy atom. The molecule has 0 aliphatic carbocycles. The zero-order valence-corrected chi connectivity index (χ0v) is 23.6. The summed E-state index contributed by atoms with van der Waals surface area (Å²) in [4.78, 5) is 14.0. The molecule has 0 bridgehead atoms. The Hall–Kier alpha value is -4.49. The summed E-state index contributed by atoms with van der Waals surface area (Å²) in [5.41, 5.74) is -2.78. The van der Waals surface area contributed by atoms with E-state index in [1.165, 1.54) is 13.0 Å². The zero-order valence-electron chi connectivity index (χ0n) is 23.6. The Morgan fingerprint density at radius 2 is 1.38 bits per heavy atom. The van der Waals surface area contributed by atoms with Crippen LogP contribution < -0.4 is 0 Å². The first-order valence-electron chi connectivity index (χ1n) is 13.6. The Labute approximate surface area is 250 Å². The lowest BCUT2D eigenvalue weighted by molar-refractivity contribution is -0.143. The fourth-order valence-electron chi connectivity index (χ4n) is 5.23. The second-order valence-corrected chi connectivity index (χ2v) is 10.5. The summed E-state index contributed by atoms with van der Waals surface area (Å²) in [6, 6.07) is 11.6. The molecule has 0 saturated carbocycles. The van der Waals surface area contributed by atoms with Crippen LogP contribution in [0.25, 0.3) is 16.9 Å². The molecule has 45 heavy (non-hydrogen) atoms. The second kappa shape index (κ2) is 11.5. The maximum Gasteiger partial charge on any atom is 0.416 e. The van der Waals surface area contributed by atoms with Gasteiger partial charge in [0.1, 0.15) is 6.10 Å². The van der Waals surface area contributed by atoms with Gasteiger partial charge in [-0.05, 0) is 72.5 Å². The molecule has 1 amide bonds. The molecular formula is C31H24F9N3O2. The molecule has 0 N–H and O–H groups in total. The summed E-state index contributed by atoms with van der Waals surface area (Å²) in [5, 5.41) is 4.60. The topological polar surface area (TPSA) is 47.4 Å². The minimum atomic E-state index is -5.13. The molecule has 4 aromatic rings. The number of nitrogens with zero attached hydrogens (tertiary/aromatic N) is 3. The zero-order chi connectivity index (χ0) is 32.9. The van der Waals surface area contributed by atoms with Crippen molar-refractivity contribution in [2.75, 3.05) is 0 Å². The van der Waals surface area contributed by atoms with E-state index in [0.29, 0.717) is 35.5 Å². The highest BCUT2D eigenvalue weighted by Gasteiger charge is 2.44. The number of benzene rings is 3. The van der Waals surface area contributed by atoms with Crippen molar-refractivity contribution in [1.82, 2.24) is 14.7 Å². The molecule has 1 aliphatic rings. The molecule has 0 radical (unpaired) electrons. The quantitative estimate of drug-likeness (QED) is 0.197. The van der Waals surface area contributed by atoms with Gasteiger partial charge in [-0.1, -0.05) is 31.2 Å².